The number of halogens is 3. The summed E-state index contributed by atoms with van der Waals surface area (Å²) in [6.07, 6.45) is -4.29. The third-order valence-electron chi connectivity index (χ3n) is 4.18. The molecule has 1 aliphatic rings. The molecule has 0 aliphatic carbocycles. The van der Waals surface area contributed by atoms with Gasteiger partial charge >= 0.3 is 6.18 Å². The van der Waals surface area contributed by atoms with Crippen LogP contribution in [0.5, 0.6) is 0 Å². The number of benzene rings is 1. The molecule has 0 spiro atoms. The van der Waals surface area contributed by atoms with Crippen LogP contribution >= 0.6 is 0 Å². The van der Waals surface area contributed by atoms with Crippen LogP contribution in [-0.4, -0.2) is 17.5 Å². The van der Waals surface area contributed by atoms with Crippen LogP contribution < -0.4 is 5.32 Å². The van der Waals surface area contributed by atoms with E-state index in [0.717, 1.165) is 12.1 Å². The van der Waals surface area contributed by atoms with E-state index in [2.05, 4.69) is 20.4 Å². The Morgan fingerprint density at radius 3 is 2.48 bits per heavy atom. The maximum Gasteiger partial charge on any atom is 0.407 e. The first-order valence-corrected chi connectivity index (χ1v) is 7.69. The highest BCUT2D eigenvalue weighted by atomic mass is 19.4. The van der Waals surface area contributed by atoms with Crippen LogP contribution in [0.3, 0.4) is 0 Å². The second-order valence-electron chi connectivity index (χ2n) is 7.37. The Morgan fingerprint density at radius 2 is 2.00 bits per heavy atom. The zero-order valence-corrected chi connectivity index (χ0v) is 14.4. The summed E-state index contributed by atoms with van der Waals surface area (Å²) >= 11 is 0. The van der Waals surface area contributed by atoms with E-state index in [1.165, 1.54) is 6.07 Å². The van der Waals surface area contributed by atoms with Crippen molar-refractivity contribution >= 4 is 17.3 Å². The molecule has 1 aromatic rings. The SMILES string of the molecule is [C-]#[N+]c1ccc(NC(=O)C2(C)CC(C(C)(C)C)N=N2)cc1C(F)(F)F. The van der Waals surface area contributed by atoms with E-state index in [0.29, 0.717) is 6.42 Å². The lowest BCUT2D eigenvalue weighted by Gasteiger charge is -2.26. The van der Waals surface area contributed by atoms with Gasteiger partial charge in [0.1, 0.15) is 0 Å². The number of hydrogen-bond donors (Lipinski definition) is 1. The largest absolute Gasteiger partial charge is 0.407 e. The smallest absolute Gasteiger partial charge is 0.324 e. The first-order valence-electron chi connectivity index (χ1n) is 7.69. The second-order valence-corrected chi connectivity index (χ2v) is 7.37. The van der Waals surface area contributed by atoms with E-state index < -0.39 is 28.9 Å². The lowest BCUT2D eigenvalue weighted by Crippen LogP contribution is -2.39. The van der Waals surface area contributed by atoms with Gasteiger partial charge in [0.2, 0.25) is 0 Å². The molecule has 1 aromatic carbocycles. The first-order chi connectivity index (χ1) is 11.4. The fourth-order valence-electron chi connectivity index (χ4n) is 2.48. The molecule has 0 saturated heterocycles. The molecule has 8 heteroatoms. The quantitative estimate of drug-likeness (QED) is 0.729. The molecule has 2 unspecified atom stereocenters. The lowest BCUT2D eigenvalue weighted by molar-refractivity contribution is -0.136. The standard InChI is InChI=1S/C17H19F3N4O/c1-15(2,3)13-9-16(4,24-23-13)14(25)22-10-6-7-12(21-5)11(8-10)17(18,19)20/h6-8,13H,9H2,1-4H3,(H,22,25). The summed E-state index contributed by atoms with van der Waals surface area (Å²) in [5.41, 5.74) is -2.91. The molecular formula is C17H19F3N4O. The average Bonchev–Trinajstić information content (AvgIpc) is 2.90. The van der Waals surface area contributed by atoms with Gasteiger partial charge in [-0.3, -0.25) is 4.79 Å². The second kappa shape index (κ2) is 6.14. The van der Waals surface area contributed by atoms with Gasteiger partial charge in [-0.15, -0.1) is 0 Å². The van der Waals surface area contributed by atoms with Gasteiger partial charge in [0.15, 0.2) is 11.2 Å². The maximum absolute atomic E-state index is 13.0. The van der Waals surface area contributed by atoms with E-state index in [-0.39, 0.29) is 17.1 Å². The van der Waals surface area contributed by atoms with Crippen LogP contribution in [0.2, 0.25) is 0 Å². The Kier molecular flexibility index (Phi) is 4.64. The lowest BCUT2D eigenvalue weighted by atomic mass is 9.80. The molecule has 25 heavy (non-hydrogen) atoms. The summed E-state index contributed by atoms with van der Waals surface area (Å²) in [4.78, 5) is 15.4. The van der Waals surface area contributed by atoms with Crippen LogP contribution in [0.25, 0.3) is 4.85 Å². The van der Waals surface area contributed by atoms with Crippen LogP contribution in [0.15, 0.2) is 28.4 Å². The Labute approximate surface area is 144 Å². The van der Waals surface area contributed by atoms with Gasteiger partial charge in [-0.1, -0.05) is 26.8 Å². The number of carbonyl (C=O) groups excluding carboxylic acids is 1. The molecule has 2 atom stereocenters. The van der Waals surface area contributed by atoms with E-state index in [1.807, 2.05) is 20.8 Å². The van der Waals surface area contributed by atoms with Gasteiger partial charge in [-0.05, 0) is 24.5 Å². The predicted molar refractivity (Wildman–Crippen MR) is 87.5 cm³/mol. The number of anilines is 1. The summed E-state index contributed by atoms with van der Waals surface area (Å²) in [5.74, 6) is -0.522. The highest BCUT2D eigenvalue weighted by Gasteiger charge is 2.44. The van der Waals surface area contributed by atoms with Crippen LogP contribution in [0, 0.1) is 12.0 Å². The highest BCUT2D eigenvalue weighted by Crippen LogP contribution is 2.39. The number of nitrogens with one attached hydrogen (secondary N) is 1. The minimum absolute atomic E-state index is 0.0274. The minimum atomic E-state index is -4.67. The van der Waals surface area contributed by atoms with Crippen molar-refractivity contribution in [2.45, 2.75) is 51.9 Å². The van der Waals surface area contributed by atoms with Gasteiger partial charge in [-0.2, -0.15) is 23.4 Å². The van der Waals surface area contributed by atoms with Crippen molar-refractivity contribution in [3.63, 3.8) is 0 Å². The van der Waals surface area contributed by atoms with Crippen LogP contribution in [0.4, 0.5) is 24.5 Å². The zero-order valence-electron chi connectivity index (χ0n) is 14.4. The number of alkyl halides is 3. The Balaban J connectivity index is 2.22. The van der Waals surface area contributed by atoms with Gasteiger partial charge in [0.05, 0.1) is 18.2 Å². The third-order valence-corrected chi connectivity index (χ3v) is 4.18. The van der Waals surface area contributed by atoms with Crippen molar-refractivity contribution < 1.29 is 18.0 Å². The van der Waals surface area contributed by atoms with Crippen molar-refractivity contribution in [1.29, 1.82) is 0 Å². The van der Waals surface area contributed by atoms with Crippen molar-refractivity contribution in [1.82, 2.24) is 0 Å². The van der Waals surface area contributed by atoms with E-state index >= 15 is 0 Å². The van der Waals surface area contributed by atoms with Crippen LogP contribution in [0.1, 0.15) is 39.7 Å². The Hall–Kier alpha value is -2.43. The summed E-state index contributed by atoms with van der Waals surface area (Å²) in [5, 5.41) is 10.7. The topological polar surface area (TPSA) is 58.2 Å². The first kappa shape index (κ1) is 18.9. The number of hydrogen-bond acceptors (Lipinski definition) is 3. The van der Waals surface area contributed by atoms with Crippen LogP contribution in [-0.2, 0) is 11.0 Å². The maximum atomic E-state index is 13.0. The Bertz CT molecular complexity index is 759. The van der Waals surface area contributed by atoms with E-state index in [1.54, 1.807) is 6.92 Å². The van der Waals surface area contributed by atoms with Gasteiger partial charge in [-0.25, -0.2) is 4.85 Å². The number of amides is 1. The number of nitrogens with zero attached hydrogens (tertiary/aromatic N) is 3. The fraction of sp³-hybridized carbons (Fsp3) is 0.529. The molecular weight excluding hydrogens is 333 g/mol. The van der Waals surface area contributed by atoms with Crippen molar-refractivity contribution in [2.75, 3.05) is 5.32 Å². The zero-order chi connectivity index (χ0) is 19.0. The van der Waals surface area contributed by atoms with Gasteiger partial charge in [0.25, 0.3) is 5.91 Å². The van der Waals surface area contributed by atoms with Crippen molar-refractivity contribution in [3.8, 4) is 0 Å². The molecule has 134 valence electrons. The highest BCUT2D eigenvalue weighted by molar-refractivity contribution is 5.98. The fourth-order valence-corrected chi connectivity index (χ4v) is 2.48. The molecule has 2 rings (SSSR count). The molecule has 1 N–H and O–H groups in total. The van der Waals surface area contributed by atoms with Gasteiger partial charge < -0.3 is 5.32 Å². The van der Waals surface area contributed by atoms with Crippen molar-refractivity contribution in [3.05, 3.63) is 35.2 Å². The van der Waals surface area contributed by atoms with E-state index in [9.17, 15) is 18.0 Å². The molecule has 0 radical (unpaired) electrons. The molecule has 5 nitrogen and oxygen atoms in total. The molecule has 0 saturated carbocycles. The predicted octanol–water partition coefficient (Wildman–Crippen LogP) is 5.22. The third kappa shape index (κ3) is 3.98. The summed E-state index contributed by atoms with van der Waals surface area (Å²) in [6, 6.07) is 2.94. The number of carbonyl (C=O) groups is 1. The molecule has 0 aromatic heterocycles. The summed E-state index contributed by atoms with van der Waals surface area (Å²) in [7, 11) is 0. The van der Waals surface area contributed by atoms with Crippen molar-refractivity contribution in [2.24, 2.45) is 15.6 Å². The average molecular weight is 352 g/mol. The molecule has 1 aliphatic heterocycles. The molecule has 1 heterocycles. The summed E-state index contributed by atoms with van der Waals surface area (Å²) in [6.45, 7) is 14.4. The Morgan fingerprint density at radius 1 is 1.36 bits per heavy atom. The molecule has 1 amide bonds. The van der Waals surface area contributed by atoms with Gasteiger partial charge in [0, 0.05) is 12.1 Å². The normalized spacial score (nSPS) is 23.4. The van der Waals surface area contributed by atoms with E-state index in [4.69, 9.17) is 6.57 Å². The monoisotopic (exact) mass is 352 g/mol. The summed E-state index contributed by atoms with van der Waals surface area (Å²) < 4.78 is 39.1. The molecule has 0 fully saturated rings. The number of rotatable bonds is 2. The minimum Gasteiger partial charge on any atom is -0.324 e. The number of azo groups is 1. The molecule has 0 bridgehead atoms.